The smallest absolute Gasteiger partial charge is 0.158 e. The van der Waals surface area contributed by atoms with Crippen molar-refractivity contribution >= 4 is 0 Å². The Morgan fingerprint density at radius 2 is 1.72 bits per heavy atom. The lowest BCUT2D eigenvalue weighted by molar-refractivity contribution is -0.247. The van der Waals surface area contributed by atoms with Crippen LogP contribution in [-0.4, -0.2) is 30.2 Å². The van der Waals surface area contributed by atoms with Crippen molar-refractivity contribution in [3.63, 3.8) is 0 Å². The van der Waals surface area contributed by atoms with Gasteiger partial charge in [-0.05, 0) is 25.7 Å². The Hall–Kier alpha value is -0.120. The third-order valence-corrected chi connectivity index (χ3v) is 3.65. The first-order valence-corrected chi connectivity index (χ1v) is 7.71. The van der Waals surface area contributed by atoms with E-state index in [1.165, 1.54) is 25.7 Å². The summed E-state index contributed by atoms with van der Waals surface area (Å²) in [5.74, 6) is 0. The van der Waals surface area contributed by atoms with Crippen molar-refractivity contribution in [1.29, 1.82) is 0 Å². The number of aliphatic hydroxyl groups is 1. The zero-order valence-corrected chi connectivity index (χ0v) is 12.1. The molecule has 1 saturated heterocycles. The Morgan fingerprint density at radius 3 is 2.39 bits per heavy atom. The van der Waals surface area contributed by atoms with Crippen molar-refractivity contribution < 1.29 is 14.6 Å². The minimum atomic E-state index is -0.0907. The lowest BCUT2D eigenvalue weighted by atomic mass is 10.0. The summed E-state index contributed by atoms with van der Waals surface area (Å²) in [4.78, 5) is 0. The van der Waals surface area contributed by atoms with Crippen LogP contribution in [0.3, 0.4) is 0 Å². The second kappa shape index (κ2) is 9.76. The minimum Gasteiger partial charge on any atom is -0.396 e. The first-order valence-electron chi connectivity index (χ1n) is 7.71. The predicted octanol–water partition coefficient (Wildman–Crippen LogP) is 3.64. The number of unbranched alkanes of at least 4 members (excludes halogenated alkanes) is 3. The van der Waals surface area contributed by atoms with Gasteiger partial charge in [0.2, 0.25) is 0 Å². The number of ether oxygens (including phenoxy) is 2. The molecule has 1 N–H and O–H groups in total. The highest BCUT2D eigenvalue weighted by Gasteiger charge is 2.28. The van der Waals surface area contributed by atoms with Gasteiger partial charge in [-0.3, -0.25) is 0 Å². The maximum Gasteiger partial charge on any atom is 0.158 e. The van der Waals surface area contributed by atoms with Gasteiger partial charge >= 0.3 is 0 Å². The third-order valence-electron chi connectivity index (χ3n) is 3.65. The molecule has 0 aliphatic carbocycles. The molecule has 3 heteroatoms. The second-order valence-electron chi connectivity index (χ2n) is 5.30. The van der Waals surface area contributed by atoms with Crippen LogP contribution in [0.5, 0.6) is 0 Å². The summed E-state index contributed by atoms with van der Waals surface area (Å²) in [6.45, 7) is 4.64. The number of rotatable bonds is 9. The summed E-state index contributed by atoms with van der Waals surface area (Å²) < 4.78 is 11.8. The highest BCUT2D eigenvalue weighted by Crippen LogP contribution is 2.26. The molecule has 3 nitrogen and oxygen atoms in total. The molecule has 3 atom stereocenters. The van der Waals surface area contributed by atoms with Crippen LogP contribution in [0.25, 0.3) is 0 Å². The molecule has 0 amide bonds. The van der Waals surface area contributed by atoms with Crippen LogP contribution >= 0.6 is 0 Å². The van der Waals surface area contributed by atoms with E-state index in [-0.39, 0.29) is 12.9 Å². The summed E-state index contributed by atoms with van der Waals surface area (Å²) >= 11 is 0. The molecule has 1 aliphatic rings. The Kier molecular flexibility index (Phi) is 8.64. The lowest BCUT2D eigenvalue weighted by Crippen LogP contribution is -2.38. The molecule has 0 radical (unpaired) electrons. The van der Waals surface area contributed by atoms with Crippen molar-refractivity contribution in [2.45, 2.75) is 90.1 Å². The van der Waals surface area contributed by atoms with Crippen LogP contribution in [0.4, 0.5) is 0 Å². The van der Waals surface area contributed by atoms with Crippen molar-refractivity contribution in [2.24, 2.45) is 0 Å². The van der Waals surface area contributed by atoms with E-state index in [9.17, 15) is 0 Å². The van der Waals surface area contributed by atoms with Gasteiger partial charge in [0, 0.05) is 13.0 Å². The van der Waals surface area contributed by atoms with Crippen molar-refractivity contribution in [1.82, 2.24) is 0 Å². The van der Waals surface area contributed by atoms with Gasteiger partial charge in [-0.2, -0.15) is 0 Å². The normalized spacial score (nSPS) is 28.5. The highest BCUT2D eigenvalue weighted by molar-refractivity contribution is 4.72. The van der Waals surface area contributed by atoms with Gasteiger partial charge in [0.1, 0.15) is 0 Å². The van der Waals surface area contributed by atoms with E-state index >= 15 is 0 Å². The van der Waals surface area contributed by atoms with Crippen LogP contribution in [0.15, 0.2) is 0 Å². The quantitative estimate of drug-likeness (QED) is 0.642. The fourth-order valence-corrected chi connectivity index (χ4v) is 2.51. The monoisotopic (exact) mass is 258 g/mol. The van der Waals surface area contributed by atoms with E-state index in [4.69, 9.17) is 14.6 Å². The van der Waals surface area contributed by atoms with Gasteiger partial charge in [0.25, 0.3) is 0 Å². The van der Waals surface area contributed by atoms with Crippen LogP contribution in [0, 0.1) is 0 Å². The fraction of sp³-hybridized carbons (Fsp3) is 1.00. The maximum atomic E-state index is 8.88. The fourth-order valence-electron chi connectivity index (χ4n) is 2.51. The molecule has 1 fully saturated rings. The first kappa shape index (κ1) is 15.9. The molecule has 0 unspecified atom stereocenters. The van der Waals surface area contributed by atoms with E-state index < -0.39 is 0 Å². The summed E-state index contributed by atoms with van der Waals surface area (Å²) in [5.41, 5.74) is 0. The number of hydrogen-bond donors (Lipinski definition) is 1. The van der Waals surface area contributed by atoms with Gasteiger partial charge in [-0.15, -0.1) is 0 Å². The van der Waals surface area contributed by atoms with Crippen LogP contribution in [0.1, 0.15) is 71.6 Å². The topological polar surface area (TPSA) is 38.7 Å². The lowest BCUT2D eigenvalue weighted by Gasteiger charge is -2.35. The molecule has 0 bridgehead atoms. The SMILES string of the molecule is CCCCCC[C@H]1C[C@H](CC)O[C@@H](CCCO)O1. The predicted molar refractivity (Wildman–Crippen MR) is 73.5 cm³/mol. The van der Waals surface area contributed by atoms with Crippen LogP contribution < -0.4 is 0 Å². The summed E-state index contributed by atoms with van der Waals surface area (Å²) in [6.07, 6.45) is 10.7. The minimum absolute atomic E-state index is 0.0907. The van der Waals surface area contributed by atoms with E-state index in [0.717, 1.165) is 32.1 Å². The summed E-state index contributed by atoms with van der Waals surface area (Å²) in [5, 5.41) is 8.88. The maximum absolute atomic E-state index is 8.88. The standard InChI is InChI=1S/C15H30O3/c1-3-5-6-7-9-14-12-13(4-2)17-15(18-14)10-8-11-16/h13-16H,3-12H2,1-2H3/t13-,14-,15+/m0/s1. The molecule has 0 aromatic rings. The summed E-state index contributed by atoms with van der Waals surface area (Å²) in [6, 6.07) is 0. The Labute approximate surface area is 112 Å². The third kappa shape index (κ3) is 6.17. The Morgan fingerprint density at radius 1 is 0.944 bits per heavy atom. The largest absolute Gasteiger partial charge is 0.396 e. The molecular weight excluding hydrogens is 228 g/mol. The Balaban J connectivity index is 2.27. The highest BCUT2D eigenvalue weighted by atomic mass is 16.7. The average molecular weight is 258 g/mol. The molecule has 0 aromatic carbocycles. The zero-order valence-electron chi connectivity index (χ0n) is 12.1. The average Bonchev–Trinajstić information content (AvgIpc) is 2.41. The molecule has 0 aromatic heterocycles. The Bertz CT molecular complexity index is 196. The molecule has 0 spiro atoms. The van der Waals surface area contributed by atoms with Gasteiger partial charge in [0.15, 0.2) is 6.29 Å². The zero-order chi connectivity index (χ0) is 13.2. The van der Waals surface area contributed by atoms with Gasteiger partial charge in [0.05, 0.1) is 12.2 Å². The number of hydrogen-bond acceptors (Lipinski definition) is 3. The summed E-state index contributed by atoms with van der Waals surface area (Å²) in [7, 11) is 0. The van der Waals surface area contributed by atoms with Gasteiger partial charge in [-0.1, -0.05) is 39.5 Å². The second-order valence-corrected chi connectivity index (χ2v) is 5.30. The number of aliphatic hydroxyl groups excluding tert-OH is 1. The molecule has 1 aliphatic heterocycles. The molecule has 1 heterocycles. The molecule has 108 valence electrons. The van der Waals surface area contributed by atoms with E-state index in [1.807, 2.05) is 0 Å². The molecule has 18 heavy (non-hydrogen) atoms. The van der Waals surface area contributed by atoms with Gasteiger partial charge < -0.3 is 14.6 Å². The van der Waals surface area contributed by atoms with Crippen molar-refractivity contribution in [2.75, 3.05) is 6.61 Å². The van der Waals surface area contributed by atoms with E-state index in [0.29, 0.717) is 12.2 Å². The van der Waals surface area contributed by atoms with Crippen LogP contribution in [-0.2, 0) is 9.47 Å². The van der Waals surface area contributed by atoms with E-state index in [1.54, 1.807) is 0 Å². The van der Waals surface area contributed by atoms with Crippen molar-refractivity contribution in [3.05, 3.63) is 0 Å². The molecule has 1 rings (SSSR count). The van der Waals surface area contributed by atoms with Crippen LogP contribution in [0.2, 0.25) is 0 Å². The van der Waals surface area contributed by atoms with Crippen molar-refractivity contribution in [3.8, 4) is 0 Å². The molecule has 0 saturated carbocycles. The first-order chi connectivity index (χ1) is 8.80. The molecular formula is C15H30O3. The van der Waals surface area contributed by atoms with Gasteiger partial charge in [-0.25, -0.2) is 0 Å². The van der Waals surface area contributed by atoms with E-state index in [2.05, 4.69) is 13.8 Å².